The normalized spacial score (nSPS) is 11.7. The maximum Gasteiger partial charge on any atom is 0.332 e. The Hall–Kier alpha value is -2.71. The third-order valence-corrected chi connectivity index (χ3v) is 3.29. The molecule has 0 fully saturated rings. The van der Waals surface area contributed by atoms with Gasteiger partial charge in [-0.15, -0.1) is 0 Å². The van der Waals surface area contributed by atoms with Gasteiger partial charge in [0.25, 0.3) is 11.5 Å². The molecule has 9 nitrogen and oxygen atoms in total. The van der Waals surface area contributed by atoms with E-state index in [1.165, 1.54) is 22.5 Å². The van der Waals surface area contributed by atoms with Crippen LogP contribution in [-0.2, 0) is 14.1 Å². The minimum absolute atomic E-state index is 0.0771. The highest BCUT2D eigenvalue weighted by atomic mass is 16.5. The highest BCUT2D eigenvalue weighted by Gasteiger charge is 2.19. The molecule has 110 valence electrons. The van der Waals surface area contributed by atoms with Crippen LogP contribution in [0.5, 0.6) is 0 Å². The first-order valence-electron chi connectivity index (χ1n) is 6.39. The summed E-state index contributed by atoms with van der Waals surface area (Å²) in [6.45, 7) is 3.85. The summed E-state index contributed by atoms with van der Waals surface area (Å²) in [6.07, 6.45) is 1.40. The molecule has 0 N–H and O–H groups in total. The Morgan fingerprint density at radius 1 is 1.19 bits per heavy atom. The Morgan fingerprint density at radius 2 is 1.90 bits per heavy atom. The molecule has 0 aliphatic rings. The Bertz CT molecular complexity index is 942. The second-order valence-electron chi connectivity index (χ2n) is 5.08. The molecule has 0 aliphatic heterocycles. The van der Waals surface area contributed by atoms with Gasteiger partial charge in [0.2, 0.25) is 5.89 Å². The highest BCUT2D eigenvalue weighted by Crippen LogP contribution is 2.15. The average Bonchev–Trinajstić information content (AvgIpc) is 3.08. The fourth-order valence-electron chi connectivity index (χ4n) is 2.06. The Kier molecular flexibility index (Phi) is 2.78. The van der Waals surface area contributed by atoms with Crippen LogP contribution in [0.25, 0.3) is 17.1 Å². The van der Waals surface area contributed by atoms with Gasteiger partial charge in [-0.1, -0.05) is 13.8 Å². The second kappa shape index (κ2) is 4.40. The summed E-state index contributed by atoms with van der Waals surface area (Å²) in [5.41, 5.74) is -0.384. The Balaban J connectivity index is 2.34. The minimum atomic E-state index is -0.457. The lowest BCUT2D eigenvalue weighted by atomic mass is 10.2. The summed E-state index contributed by atoms with van der Waals surface area (Å²) in [6, 6.07) is 0. The van der Waals surface area contributed by atoms with Crippen LogP contribution in [0.1, 0.15) is 25.7 Å². The van der Waals surface area contributed by atoms with Crippen molar-refractivity contribution in [3.8, 4) is 5.95 Å². The smallest absolute Gasteiger partial charge is 0.332 e. The summed E-state index contributed by atoms with van der Waals surface area (Å²) >= 11 is 0. The van der Waals surface area contributed by atoms with Crippen LogP contribution < -0.4 is 11.2 Å². The largest absolute Gasteiger partial charge is 0.337 e. The van der Waals surface area contributed by atoms with E-state index in [4.69, 9.17) is 4.52 Å². The van der Waals surface area contributed by atoms with Gasteiger partial charge in [-0.2, -0.15) is 4.98 Å². The van der Waals surface area contributed by atoms with Crippen molar-refractivity contribution in [3.63, 3.8) is 0 Å². The first-order valence-corrected chi connectivity index (χ1v) is 6.39. The lowest BCUT2D eigenvalue weighted by Crippen LogP contribution is -2.37. The zero-order valence-corrected chi connectivity index (χ0v) is 12.1. The zero-order valence-electron chi connectivity index (χ0n) is 12.1. The number of rotatable bonds is 2. The van der Waals surface area contributed by atoms with E-state index < -0.39 is 11.2 Å². The average molecular weight is 290 g/mol. The van der Waals surface area contributed by atoms with E-state index in [2.05, 4.69) is 15.1 Å². The van der Waals surface area contributed by atoms with Gasteiger partial charge in [0.1, 0.15) is 6.33 Å². The van der Waals surface area contributed by atoms with E-state index in [1.807, 2.05) is 13.8 Å². The van der Waals surface area contributed by atoms with Gasteiger partial charge in [0.15, 0.2) is 11.2 Å². The first-order chi connectivity index (χ1) is 9.91. The molecule has 3 aromatic heterocycles. The van der Waals surface area contributed by atoms with Crippen LogP contribution in [0, 0.1) is 0 Å². The van der Waals surface area contributed by atoms with Crippen molar-refractivity contribution in [1.82, 2.24) is 28.8 Å². The van der Waals surface area contributed by atoms with Crippen molar-refractivity contribution >= 4 is 11.2 Å². The molecule has 3 heterocycles. The number of aromatic nitrogens is 6. The molecule has 3 rings (SSSR count). The number of hydrogen-bond acceptors (Lipinski definition) is 6. The molecule has 0 unspecified atom stereocenters. The summed E-state index contributed by atoms with van der Waals surface area (Å²) < 4.78 is 8.88. The SMILES string of the molecule is CC(C)c1nc(-n2cnc3c2c(=O)n(C)c(=O)n3C)no1. The summed E-state index contributed by atoms with van der Waals surface area (Å²) in [7, 11) is 2.97. The number of fused-ring (bicyclic) bond motifs is 1. The third kappa shape index (κ3) is 1.81. The van der Waals surface area contributed by atoms with E-state index in [-0.39, 0.29) is 23.0 Å². The molecule has 9 heteroatoms. The molecular formula is C12H14N6O3. The van der Waals surface area contributed by atoms with Gasteiger partial charge in [-0.3, -0.25) is 18.5 Å². The molecule has 0 amide bonds. The van der Waals surface area contributed by atoms with Crippen molar-refractivity contribution in [1.29, 1.82) is 0 Å². The predicted molar refractivity (Wildman–Crippen MR) is 73.5 cm³/mol. The number of hydrogen-bond donors (Lipinski definition) is 0. The molecule has 0 atom stereocenters. The van der Waals surface area contributed by atoms with E-state index in [1.54, 1.807) is 7.05 Å². The van der Waals surface area contributed by atoms with Gasteiger partial charge in [0.05, 0.1) is 0 Å². The van der Waals surface area contributed by atoms with Crippen LogP contribution in [-0.4, -0.2) is 28.8 Å². The molecule has 0 aliphatic carbocycles. The van der Waals surface area contributed by atoms with Crippen LogP contribution in [0.15, 0.2) is 20.4 Å². The van der Waals surface area contributed by atoms with Crippen LogP contribution in [0.2, 0.25) is 0 Å². The monoisotopic (exact) mass is 290 g/mol. The molecule has 0 spiro atoms. The van der Waals surface area contributed by atoms with Gasteiger partial charge < -0.3 is 4.52 Å². The topological polar surface area (TPSA) is 101 Å². The van der Waals surface area contributed by atoms with Gasteiger partial charge in [0, 0.05) is 20.0 Å². The van der Waals surface area contributed by atoms with E-state index >= 15 is 0 Å². The lowest BCUT2D eigenvalue weighted by Gasteiger charge is -2.03. The van der Waals surface area contributed by atoms with Crippen molar-refractivity contribution in [2.45, 2.75) is 19.8 Å². The quantitative estimate of drug-likeness (QED) is 0.655. The van der Waals surface area contributed by atoms with Crippen molar-refractivity contribution in [2.75, 3.05) is 0 Å². The first kappa shape index (κ1) is 13.3. The standard InChI is InChI=1S/C12H14N6O3/c1-6(2)9-14-11(15-21-9)18-5-13-8-7(18)10(19)17(4)12(20)16(8)3/h5-6H,1-4H3. The molecular weight excluding hydrogens is 276 g/mol. The molecule has 21 heavy (non-hydrogen) atoms. The number of imidazole rings is 1. The van der Waals surface area contributed by atoms with Crippen molar-refractivity contribution in [3.05, 3.63) is 33.1 Å². The molecule has 3 aromatic rings. The van der Waals surface area contributed by atoms with Crippen molar-refractivity contribution in [2.24, 2.45) is 14.1 Å². The Labute approximate surface area is 118 Å². The summed E-state index contributed by atoms with van der Waals surface area (Å²) in [5, 5.41) is 3.85. The second-order valence-corrected chi connectivity index (χ2v) is 5.08. The van der Waals surface area contributed by atoms with Gasteiger partial charge >= 0.3 is 5.69 Å². The Morgan fingerprint density at radius 3 is 2.52 bits per heavy atom. The molecule has 0 bridgehead atoms. The molecule has 0 aromatic carbocycles. The highest BCUT2D eigenvalue weighted by molar-refractivity contribution is 5.71. The predicted octanol–water partition coefficient (Wildman–Crippen LogP) is -0.0707. The maximum absolute atomic E-state index is 12.3. The molecule has 0 radical (unpaired) electrons. The van der Waals surface area contributed by atoms with Gasteiger partial charge in [-0.05, 0) is 5.16 Å². The van der Waals surface area contributed by atoms with Crippen molar-refractivity contribution < 1.29 is 4.52 Å². The van der Waals surface area contributed by atoms with Crippen LogP contribution in [0.3, 0.4) is 0 Å². The fraction of sp³-hybridized carbons (Fsp3) is 0.417. The minimum Gasteiger partial charge on any atom is -0.337 e. The van der Waals surface area contributed by atoms with E-state index in [0.29, 0.717) is 5.89 Å². The number of aryl methyl sites for hydroxylation is 1. The summed E-state index contributed by atoms with van der Waals surface area (Å²) in [4.78, 5) is 32.5. The van der Waals surface area contributed by atoms with E-state index in [0.717, 1.165) is 4.57 Å². The summed E-state index contributed by atoms with van der Waals surface area (Å²) in [5.74, 6) is 0.763. The van der Waals surface area contributed by atoms with Crippen LogP contribution >= 0.6 is 0 Å². The number of nitrogens with zero attached hydrogens (tertiary/aromatic N) is 6. The maximum atomic E-state index is 12.3. The van der Waals surface area contributed by atoms with Crippen LogP contribution in [0.4, 0.5) is 0 Å². The third-order valence-electron chi connectivity index (χ3n) is 3.29. The van der Waals surface area contributed by atoms with Gasteiger partial charge in [-0.25, -0.2) is 9.78 Å². The fourth-order valence-corrected chi connectivity index (χ4v) is 2.06. The molecule has 0 saturated carbocycles. The zero-order chi connectivity index (χ0) is 15.3. The molecule has 0 saturated heterocycles. The van der Waals surface area contributed by atoms with E-state index in [9.17, 15) is 9.59 Å². The lowest BCUT2D eigenvalue weighted by molar-refractivity contribution is 0.363.